The number of nitrogens with one attached hydrogen (secondary N) is 3. The van der Waals surface area contributed by atoms with Crippen molar-refractivity contribution in [2.24, 2.45) is 7.05 Å². The number of methoxy groups -OCH3 is 1. The summed E-state index contributed by atoms with van der Waals surface area (Å²) in [6.07, 6.45) is 0. The zero-order valence-corrected chi connectivity index (χ0v) is 14.5. The average Bonchev–Trinajstić information content (AvgIpc) is 3.34. The van der Waals surface area contributed by atoms with Gasteiger partial charge in [-0.25, -0.2) is 14.4 Å². The number of fused-ring (bicyclic) bond motifs is 1. The summed E-state index contributed by atoms with van der Waals surface area (Å²) in [5.41, 5.74) is 9.65. The van der Waals surface area contributed by atoms with Crippen LogP contribution < -0.4 is 15.6 Å². The summed E-state index contributed by atoms with van der Waals surface area (Å²) < 4.78 is 20.1. The Labute approximate surface area is 147 Å². The van der Waals surface area contributed by atoms with Crippen molar-refractivity contribution in [3.8, 4) is 17.4 Å². The molecule has 8 nitrogen and oxygen atoms in total. The van der Waals surface area contributed by atoms with Crippen molar-refractivity contribution in [1.82, 2.24) is 35.6 Å². The predicted octanol–water partition coefficient (Wildman–Crippen LogP) is 1.68. The summed E-state index contributed by atoms with van der Waals surface area (Å²) in [6.45, 7) is 0.773. The first-order valence-corrected chi connectivity index (χ1v) is 8.18. The fraction of sp³-hybridized carbons (Fsp3) is 0.400. The van der Waals surface area contributed by atoms with Crippen LogP contribution in [0.2, 0.25) is 5.02 Å². The fourth-order valence-corrected chi connectivity index (χ4v) is 3.48. The topological polar surface area (TPSA) is 92.7 Å². The molecule has 3 aromatic rings. The first kappa shape index (κ1) is 16.2. The summed E-state index contributed by atoms with van der Waals surface area (Å²) in [6, 6.07) is 1.81. The van der Waals surface area contributed by atoms with Crippen LogP contribution in [0.25, 0.3) is 22.6 Å². The smallest absolute Gasteiger partial charge is 0.233 e. The third-order valence-corrected chi connectivity index (χ3v) is 4.70. The Bertz CT molecular complexity index is 932. The Morgan fingerprint density at radius 3 is 2.76 bits per heavy atom. The van der Waals surface area contributed by atoms with E-state index >= 15 is 0 Å². The predicted molar refractivity (Wildman–Crippen MR) is 91.2 cm³/mol. The molecular formula is C15H17ClFN7O. The SMILES string of the molecule is COc1nc2c(C3CNNC3)c(-c3n[nH]c(CF)n3)n(C)c2cc1Cl. The number of alkyl halides is 1. The summed E-state index contributed by atoms with van der Waals surface area (Å²) in [5.74, 6) is 1.15. The number of pyridine rings is 1. The Kier molecular flexibility index (Phi) is 4.06. The number of hydrazine groups is 1. The van der Waals surface area contributed by atoms with Crippen LogP contribution in [0.15, 0.2) is 6.07 Å². The minimum Gasteiger partial charge on any atom is -0.480 e. The minimum absolute atomic E-state index is 0.157. The van der Waals surface area contributed by atoms with Crippen molar-refractivity contribution in [1.29, 1.82) is 0 Å². The van der Waals surface area contributed by atoms with E-state index in [1.54, 1.807) is 0 Å². The molecular weight excluding hydrogens is 349 g/mol. The van der Waals surface area contributed by atoms with E-state index in [0.29, 0.717) is 16.7 Å². The maximum absolute atomic E-state index is 12.9. The number of hydrogen-bond donors (Lipinski definition) is 3. The van der Waals surface area contributed by atoms with Gasteiger partial charge in [-0.05, 0) is 6.07 Å². The van der Waals surface area contributed by atoms with Gasteiger partial charge in [-0.1, -0.05) is 11.6 Å². The van der Waals surface area contributed by atoms with Gasteiger partial charge >= 0.3 is 0 Å². The third-order valence-electron chi connectivity index (χ3n) is 4.42. The molecule has 0 unspecified atom stereocenters. The van der Waals surface area contributed by atoms with Crippen LogP contribution in [-0.4, -0.2) is 44.9 Å². The third kappa shape index (κ3) is 2.55. The normalized spacial score (nSPS) is 15.4. The lowest BCUT2D eigenvalue weighted by Crippen LogP contribution is -2.21. The van der Waals surface area contributed by atoms with Crippen molar-refractivity contribution < 1.29 is 9.13 Å². The van der Waals surface area contributed by atoms with Crippen molar-refractivity contribution in [2.75, 3.05) is 20.2 Å². The van der Waals surface area contributed by atoms with Gasteiger partial charge in [0, 0.05) is 31.6 Å². The maximum Gasteiger partial charge on any atom is 0.233 e. The van der Waals surface area contributed by atoms with Crippen molar-refractivity contribution >= 4 is 22.6 Å². The Morgan fingerprint density at radius 2 is 2.12 bits per heavy atom. The van der Waals surface area contributed by atoms with E-state index in [9.17, 15) is 4.39 Å². The highest BCUT2D eigenvalue weighted by atomic mass is 35.5. The van der Waals surface area contributed by atoms with Gasteiger partial charge in [0.1, 0.15) is 11.7 Å². The monoisotopic (exact) mass is 365 g/mol. The molecule has 0 aliphatic carbocycles. The quantitative estimate of drug-likeness (QED) is 0.651. The van der Waals surface area contributed by atoms with Crippen LogP contribution in [-0.2, 0) is 13.7 Å². The summed E-state index contributed by atoms with van der Waals surface area (Å²) in [5, 5.41) is 7.23. The molecule has 0 bridgehead atoms. The highest BCUT2D eigenvalue weighted by Crippen LogP contribution is 2.39. The first-order valence-electron chi connectivity index (χ1n) is 7.80. The van der Waals surface area contributed by atoms with E-state index in [4.69, 9.17) is 16.3 Å². The molecule has 132 valence electrons. The lowest BCUT2D eigenvalue weighted by molar-refractivity contribution is 0.400. The van der Waals surface area contributed by atoms with Crippen LogP contribution in [0.4, 0.5) is 4.39 Å². The number of nitrogens with zero attached hydrogens (tertiary/aromatic N) is 4. The molecule has 0 spiro atoms. The lowest BCUT2D eigenvalue weighted by Gasteiger charge is -2.09. The number of halogens is 2. The largest absolute Gasteiger partial charge is 0.480 e. The lowest BCUT2D eigenvalue weighted by atomic mass is 9.98. The molecule has 0 saturated carbocycles. The second-order valence-electron chi connectivity index (χ2n) is 5.87. The van der Waals surface area contributed by atoms with Crippen LogP contribution >= 0.6 is 11.6 Å². The molecule has 0 atom stereocenters. The van der Waals surface area contributed by atoms with Crippen LogP contribution in [0, 0.1) is 0 Å². The van der Waals surface area contributed by atoms with Gasteiger partial charge in [0.25, 0.3) is 0 Å². The Balaban J connectivity index is 2.02. The Morgan fingerprint density at radius 1 is 1.36 bits per heavy atom. The van der Waals surface area contributed by atoms with Crippen LogP contribution in [0.3, 0.4) is 0 Å². The zero-order valence-electron chi connectivity index (χ0n) is 13.7. The van der Waals surface area contributed by atoms with E-state index in [2.05, 4.69) is 31.0 Å². The van der Waals surface area contributed by atoms with Crippen molar-refractivity contribution in [3.05, 3.63) is 22.5 Å². The van der Waals surface area contributed by atoms with E-state index in [1.807, 2.05) is 17.7 Å². The Hall–Kier alpha value is -2.23. The van der Waals surface area contributed by atoms with Crippen molar-refractivity contribution in [3.63, 3.8) is 0 Å². The van der Waals surface area contributed by atoms with Crippen LogP contribution in [0.5, 0.6) is 5.88 Å². The van der Waals surface area contributed by atoms with Gasteiger partial charge in [0.2, 0.25) is 5.88 Å². The number of aryl methyl sites for hydroxylation is 1. The van der Waals surface area contributed by atoms with Gasteiger partial charge in [-0.3, -0.25) is 16.0 Å². The number of H-pyrrole nitrogens is 1. The van der Waals surface area contributed by atoms with Gasteiger partial charge in [0.15, 0.2) is 11.6 Å². The molecule has 3 N–H and O–H groups in total. The second-order valence-corrected chi connectivity index (χ2v) is 6.27. The number of rotatable bonds is 4. The number of aromatic amines is 1. The molecule has 4 heterocycles. The second kappa shape index (κ2) is 6.25. The molecule has 1 fully saturated rings. The van der Waals surface area contributed by atoms with E-state index in [0.717, 1.165) is 35.4 Å². The maximum atomic E-state index is 12.9. The molecule has 0 amide bonds. The average molecular weight is 366 g/mol. The molecule has 1 aliphatic heterocycles. The van der Waals surface area contributed by atoms with Crippen molar-refractivity contribution in [2.45, 2.75) is 12.6 Å². The standard InChI is InChI=1S/C15H17ClFN7O/c1-24-9-3-8(16)15(25-2)21-12(9)11(7-5-18-19-6-7)13(24)14-20-10(4-17)22-23-14/h3,7,18-19H,4-6H2,1-2H3,(H,20,22,23). The highest BCUT2D eigenvalue weighted by molar-refractivity contribution is 6.32. The van der Waals surface area contributed by atoms with E-state index < -0.39 is 6.67 Å². The summed E-state index contributed by atoms with van der Waals surface area (Å²) >= 11 is 6.26. The summed E-state index contributed by atoms with van der Waals surface area (Å²) in [4.78, 5) is 8.86. The van der Waals surface area contributed by atoms with Gasteiger partial charge in [0.05, 0.1) is 23.8 Å². The summed E-state index contributed by atoms with van der Waals surface area (Å²) in [7, 11) is 3.43. The highest BCUT2D eigenvalue weighted by Gasteiger charge is 2.29. The van der Waals surface area contributed by atoms with E-state index in [-0.39, 0.29) is 11.7 Å². The minimum atomic E-state index is -0.698. The number of ether oxygens (including phenoxy) is 1. The molecule has 25 heavy (non-hydrogen) atoms. The van der Waals surface area contributed by atoms with Gasteiger partial charge in [-0.15, -0.1) is 0 Å². The van der Waals surface area contributed by atoms with Gasteiger partial charge in [-0.2, -0.15) is 5.10 Å². The van der Waals surface area contributed by atoms with Gasteiger partial charge < -0.3 is 9.30 Å². The molecule has 3 aromatic heterocycles. The molecule has 0 aromatic carbocycles. The number of hydrogen-bond acceptors (Lipinski definition) is 6. The zero-order chi connectivity index (χ0) is 17.6. The number of aromatic nitrogens is 5. The fourth-order valence-electron chi connectivity index (χ4n) is 3.26. The molecule has 1 saturated heterocycles. The van der Waals surface area contributed by atoms with Crippen LogP contribution in [0.1, 0.15) is 17.3 Å². The molecule has 0 radical (unpaired) electrons. The van der Waals surface area contributed by atoms with E-state index in [1.165, 1.54) is 7.11 Å². The molecule has 1 aliphatic rings. The molecule has 10 heteroatoms. The molecule has 4 rings (SSSR count). The first-order chi connectivity index (χ1) is 12.1.